The van der Waals surface area contributed by atoms with Crippen LogP contribution in [0, 0.1) is 23.7 Å². The Morgan fingerprint density at radius 3 is 0.833 bits per heavy atom. The second-order valence-electron chi connectivity index (χ2n) is 0. The molecule has 6 heavy (non-hydrogen) atoms. The molecule has 0 saturated heterocycles. The summed E-state index contributed by atoms with van der Waals surface area (Å²) < 4.78 is 0. The Hall–Kier alpha value is 0.0969. The van der Waals surface area contributed by atoms with Gasteiger partial charge in [0, 0.05) is 19.5 Å². The minimum atomic E-state index is 0. The van der Waals surface area contributed by atoms with E-state index in [1.54, 1.807) is 0 Å². The Morgan fingerprint density at radius 1 is 0.833 bits per heavy atom. The first-order valence-electron chi connectivity index (χ1n) is 0.447. The number of nitrogens with zero attached hydrogens (tertiary/aromatic N) is 2. The number of rotatable bonds is 0. The third kappa shape index (κ3) is 4190. The van der Waals surface area contributed by atoms with E-state index in [1.165, 1.54) is 0 Å². The van der Waals surface area contributed by atoms with E-state index >= 15 is 0 Å². The third-order valence-electron chi connectivity index (χ3n) is 0. The smallest absolute Gasteiger partial charge is 0.512 e. The zero-order valence-corrected chi connectivity index (χ0v) is 6.87. The van der Waals surface area contributed by atoms with Crippen molar-refractivity contribution in [2.75, 3.05) is 0 Å². The van der Waals surface area contributed by atoms with Crippen LogP contribution in [0.3, 0.4) is 0 Å². The van der Waals surface area contributed by atoms with Gasteiger partial charge in [-0.25, -0.2) is 0 Å². The van der Waals surface area contributed by atoms with E-state index in [1.807, 2.05) is 0 Å². The molecule has 0 bridgehead atoms. The summed E-state index contributed by atoms with van der Waals surface area (Å²) in [5.41, 5.74) is 0. The van der Waals surface area contributed by atoms with Crippen LogP contribution in [0.2, 0.25) is 0 Å². The monoisotopic (exact) mass is 174 g/mol. The van der Waals surface area contributed by atoms with E-state index in [4.69, 9.17) is 23.7 Å². The molecule has 0 aromatic heterocycles. The second kappa shape index (κ2) is 9110. The normalized spacial score (nSPS) is 0.667. The summed E-state index contributed by atoms with van der Waals surface area (Å²) in [6.07, 6.45) is 0. The molecule has 0 atom stereocenters. The van der Waals surface area contributed by atoms with Crippen LogP contribution in [0.15, 0.2) is 0 Å². The molecule has 0 aliphatic heterocycles. The average Bonchev–Trinajstić information content (AvgIpc) is 1.50. The predicted molar refractivity (Wildman–Crippen MR) is 9.94 cm³/mol. The van der Waals surface area contributed by atoms with Gasteiger partial charge in [-0.1, -0.05) is 0 Å². The van der Waals surface area contributed by atoms with E-state index < -0.39 is 0 Å². The van der Waals surface area contributed by atoms with Crippen LogP contribution in [0.1, 0.15) is 0 Å². The Morgan fingerprint density at radius 2 is 0.833 bits per heavy atom. The summed E-state index contributed by atoms with van der Waals surface area (Å²) in [6.45, 7) is 9.50. The van der Waals surface area contributed by atoms with E-state index in [0.29, 0.717) is 0 Å². The van der Waals surface area contributed by atoms with Crippen molar-refractivity contribution in [3.8, 4) is 0 Å². The van der Waals surface area contributed by atoms with Crippen molar-refractivity contribution in [3.63, 3.8) is 0 Å². The molecule has 0 radical (unpaired) electrons. The molecule has 4 heteroatoms. The predicted octanol–water partition coefficient (Wildman–Crippen LogP) is 0.188. The molecule has 0 aliphatic carbocycles. The van der Waals surface area contributed by atoms with Crippen molar-refractivity contribution < 1.29 is 36.0 Å². The van der Waals surface area contributed by atoms with Gasteiger partial charge in [-0.2, -0.15) is 0 Å². The minimum Gasteiger partial charge on any atom is -0.512 e. The molecule has 2 nitrogen and oxygen atoms in total. The minimum absolute atomic E-state index is 0. The first-order chi connectivity index (χ1) is 2.00. The van der Waals surface area contributed by atoms with Gasteiger partial charge in [0.2, 0.25) is 0 Å². The molecule has 0 N–H and O–H groups in total. The van der Waals surface area contributed by atoms with E-state index in [0.717, 1.165) is 0 Å². The molecule has 0 aliphatic rings. The van der Waals surface area contributed by atoms with Crippen LogP contribution in [0.5, 0.6) is 0 Å². The molecule has 30 valence electrons. The molecular weight excluding hydrogens is 176 g/mol. The van der Waals surface area contributed by atoms with Crippen molar-refractivity contribution in [2.24, 2.45) is 0 Å². The van der Waals surface area contributed by atoms with Crippen LogP contribution in [0.4, 0.5) is 0 Å². The van der Waals surface area contributed by atoms with Crippen LogP contribution >= 0.6 is 0 Å². The maximum atomic E-state index is 6.25. The van der Waals surface area contributed by atoms with Gasteiger partial charge in [0.25, 0.3) is 0 Å². The van der Waals surface area contributed by atoms with Gasteiger partial charge in [-0.15, -0.1) is 0 Å². The summed E-state index contributed by atoms with van der Waals surface area (Å²) in [6, 6.07) is 0. The summed E-state index contributed by atoms with van der Waals surface area (Å²) in [4.78, 5) is 0. The fourth-order valence-electron chi connectivity index (χ4n) is 0. The molecule has 0 unspecified atom stereocenters. The summed E-state index contributed by atoms with van der Waals surface area (Å²) >= 11 is 0. The number of hydrogen-bond acceptors (Lipinski definition) is 2. The maximum absolute atomic E-state index is 6.25. The Kier molecular flexibility index (Phi) is 54700. The molecular formula is C2N2NiZn. The molecule has 0 rings (SSSR count). The van der Waals surface area contributed by atoms with Crippen molar-refractivity contribution >= 4 is 0 Å². The van der Waals surface area contributed by atoms with Gasteiger partial charge >= 0.3 is 16.5 Å². The summed E-state index contributed by atoms with van der Waals surface area (Å²) in [5.74, 6) is 0. The van der Waals surface area contributed by atoms with E-state index in [2.05, 4.69) is 0 Å². The maximum Gasteiger partial charge on any atom is 2.00 e. The van der Waals surface area contributed by atoms with Crippen molar-refractivity contribution in [1.29, 1.82) is 10.5 Å². The molecule has 0 heterocycles. The van der Waals surface area contributed by atoms with Crippen LogP contribution < -0.4 is 0 Å². The molecule has 0 fully saturated rings. The first kappa shape index (κ1) is 36.0. The number of hydrogen-bond donors (Lipinski definition) is 0. The molecule has 0 saturated carbocycles. The van der Waals surface area contributed by atoms with Crippen molar-refractivity contribution in [3.05, 3.63) is 13.1 Å². The van der Waals surface area contributed by atoms with Crippen molar-refractivity contribution in [1.82, 2.24) is 0 Å². The SMILES string of the molecule is [C-]#N.[C-]#N.[Ni+2].[Zn]. The van der Waals surface area contributed by atoms with Gasteiger partial charge in [0.05, 0.1) is 0 Å². The zero-order valence-electron chi connectivity index (χ0n) is 2.92. The summed E-state index contributed by atoms with van der Waals surface area (Å²) in [7, 11) is 0. The summed E-state index contributed by atoms with van der Waals surface area (Å²) in [5, 5.41) is 12.5. The van der Waals surface area contributed by atoms with Gasteiger partial charge in [-0.3, -0.25) is 0 Å². The van der Waals surface area contributed by atoms with Crippen molar-refractivity contribution in [2.45, 2.75) is 0 Å². The largest absolute Gasteiger partial charge is 2.00 e. The second-order valence-corrected chi connectivity index (χ2v) is 0. The Bertz CT molecular complexity index is 27.0. The Balaban J connectivity index is -0.00000000500. The van der Waals surface area contributed by atoms with E-state index in [9.17, 15) is 0 Å². The fourth-order valence-corrected chi connectivity index (χ4v) is 0. The van der Waals surface area contributed by atoms with Gasteiger partial charge < -0.3 is 23.7 Å². The van der Waals surface area contributed by atoms with Gasteiger partial charge in [0.1, 0.15) is 0 Å². The molecule has 0 amide bonds. The quantitative estimate of drug-likeness (QED) is 0.390. The first-order valence-corrected chi connectivity index (χ1v) is 0.447. The van der Waals surface area contributed by atoms with Gasteiger partial charge in [-0.05, 0) is 0 Å². The molecule has 0 spiro atoms. The van der Waals surface area contributed by atoms with Crippen LogP contribution in [-0.4, -0.2) is 0 Å². The molecule has 0 aromatic carbocycles. The standard InChI is InChI=1S/2CN.Ni.Zn/c2*1-2;;/q2*-1;+2;. The zero-order chi connectivity index (χ0) is 4.00. The van der Waals surface area contributed by atoms with Crippen LogP contribution in [-0.2, 0) is 36.0 Å². The topological polar surface area (TPSA) is 47.6 Å². The van der Waals surface area contributed by atoms with E-state index in [-0.39, 0.29) is 36.0 Å². The fraction of sp³-hybridized carbons (Fsp3) is 0. The van der Waals surface area contributed by atoms with Gasteiger partial charge in [0.15, 0.2) is 0 Å². The average molecular weight is 176 g/mol. The third-order valence-corrected chi connectivity index (χ3v) is 0. The Labute approximate surface area is 59.8 Å². The molecule has 0 aromatic rings. The van der Waals surface area contributed by atoms with Crippen LogP contribution in [0.25, 0.3) is 0 Å².